The molecule has 0 bridgehead atoms. The van der Waals surface area contributed by atoms with Gasteiger partial charge in [0.25, 0.3) is 5.91 Å². The maximum Gasteiger partial charge on any atom is 0.290 e. The standard InChI is InChI=1S/C20H21N3O4S/c1-11-19(28-12(2)22-11)17(24)15-16(13-5-7-21-8-6-13)23(20(26)18(15)25)10-14-4-3-9-27-14/h5-8,14,16,25H,3-4,9-10H2,1-2H3. The molecule has 0 aliphatic carbocycles. The molecule has 1 N–H and O–H groups in total. The third-order valence-corrected chi connectivity index (χ3v) is 6.18. The lowest BCUT2D eigenvalue weighted by atomic mass is 9.95. The van der Waals surface area contributed by atoms with E-state index in [9.17, 15) is 14.7 Å². The second-order valence-corrected chi connectivity index (χ2v) is 8.22. The van der Waals surface area contributed by atoms with Crippen molar-refractivity contribution < 1.29 is 19.4 Å². The number of rotatable bonds is 5. The number of aliphatic hydroxyl groups excluding tert-OH is 1. The van der Waals surface area contributed by atoms with Gasteiger partial charge in [-0.1, -0.05) is 0 Å². The fraction of sp³-hybridized carbons (Fsp3) is 0.400. The van der Waals surface area contributed by atoms with Crippen LogP contribution >= 0.6 is 11.3 Å². The summed E-state index contributed by atoms with van der Waals surface area (Å²) in [6.45, 7) is 4.58. The first kappa shape index (κ1) is 18.8. The third-order valence-electron chi connectivity index (χ3n) is 5.10. The van der Waals surface area contributed by atoms with E-state index in [4.69, 9.17) is 4.74 Å². The smallest absolute Gasteiger partial charge is 0.290 e. The predicted octanol–water partition coefficient (Wildman–Crippen LogP) is 2.91. The Kier molecular flexibility index (Phi) is 4.99. The lowest BCUT2D eigenvalue weighted by Crippen LogP contribution is -2.37. The topological polar surface area (TPSA) is 92.6 Å². The molecule has 1 amide bonds. The van der Waals surface area contributed by atoms with Crippen LogP contribution in [0, 0.1) is 13.8 Å². The number of aryl methyl sites for hydroxylation is 2. The number of ether oxygens (including phenoxy) is 1. The lowest BCUT2D eigenvalue weighted by molar-refractivity contribution is -0.131. The Hall–Kier alpha value is -2.58. The molecule has 2 aliphatic rings. The predicted molar refractivity (Wildman–Crippen MR) is 103 cm³/mol. The zero-order valence-electron chi connectivity index (χ0n) is 15.7. The van der Waals surface area contributed by atoms with Crippen molar-refractivity contribution in [1.29, 1.82) is 0 Å². The van der Waals surface area contributed by atoms with Gasteiger partial charge in [-0.2, -0.15) is 0 Å². The number of amides is 1. The van der Waals surface area contributed by atoms with Gasteiger partial charge in [-0.3, -0.25) is 14.6 Å². The van der Waals surface area contributed by atoms with Gasteiger partial charge >= 0.3 is 0 Å². The number of carbonyl (C=O) groups is 2. The van der Waals surface area contributed by atoms with Gasteiger partial charge in [-0.15, -0.1) is 11.3 Å². The molecule has 0 spiro atoms. The summed E-state index contributed by atoms with van der Waals surface area (Å²) < 4.78 is 5.69. The minimum absolute atomic E-state index is 0.0945. The van der Waals surface area contributed by atoms with E-state index >= 15 is 0 Å². The average Bonchev–Trinajstić information content (AvgIpc) is 3.37. The number of hydrogen-bond donors (Lipinski definition) is 1. The van der Waals surface area contributed by atoms with Crippen LogP contribution < -0.4 is 0 Å². The van der Waals surface area contributed by atoms with Gasteiger partial charge in [0.1, 0.15) is 0 Å². The highest BCUT2D eigenvalue weighted by atomic mass is 32.1. The van der Waals surface area contributed by atoms with Crippen LogP contribution in [0.2, 0.25) is 0 Å². The summed E-state index contributed by atoms with van der Waals surface area (Å²) in [6, 6.07) is 2.85. The van der Waals surface area contributed by atoms with Crippen molar-refractivity contribution in [3.8, 4) is 0 Å². The van der Waals surface area contributed by atoms with Gasteiger partial charge in [-0.25, -0.2) is 4.98 Å². The number of Topliss-reactive ketones (excluding diaryl/α,β-unsaturated/α-hetero) is 1. The van der Waals surface area contributed by atoms with E-state index in [2.05, 4.69) is 9.97 Å². The zero-order chi connectivity index (χ0) is 19.8. The van der Waals surface area contributed by atoms with Crippen LogP contribution in [0.3, 0.4) is 0 Å². The Morgan fingerprint density at radius 3 is 2.71 bits per heavy atom. The second-order valence-electron chi connectivity index (χ2n) is 7.01. The summed E-state index contributed by atoms with van der Waals surface area (Å²) >= 11 is 1.27. The Morgan fingerprint density at radius 2 is 2.11 bits per heavy atom. The molecule has 8 heteroatoms. The van der Waals surface area contributed by atoms with Gasteiger partial charge in [0.05, 0.1) is 33.3 Å². The number of pyridine rings is 1. The first-order chi connectivity index (χ1) is 13.5. The van der Waals surface area contributed by atoms with Crippen LogP contribution in [0.4, 0.5) is 0 Å². The van der Waals surface area contributed by atoms with Crippen LogP contribution in [0.15, 0.2) is 35.9 Å². The summed E-state index contributed by atoms with van der Waals surface area (Å²) in [5.74, 6) is -1.39. The SMILES string of the molecule is Cc1nc(C)c(C(=O)C2=C(O)C(=O)N(CC3CCCO3)C2c2ccncc2)s1. The van der Waals surface area contributed by atoms with E-state index in [-0.39, 0.29) is 17.5 Å². The summed E-state index contributed by atoms with van der Waals surface area (Å²) in [7, 11) is 0. The van der Waals surface area contributed by atoms with Gasteiger partial charge in [0.15, 0.2) is 5.76 Å². The van der Waals surface area contributed by atoms with Crippen molar-refractivity contribution in [2.24, 2.45) is 0 Å². The number of thiazole rings is 1. The quantitative estimate of drug-likeness (QED) is 0.777. The Morgan fingerprint density at radius 1 is 1.36 bits per heavy atom. The highest BCUT2D eigenvalue weighted by Gasteiger charge is 2.45. The first-order valence-corrected chi connectivity index (χ1v) is 10.0. The first-order valence-electron chi connectivity index (χ1n) is 9.21. The van der Waals surface area contributed by atoms with Crippen LogP contribution in [0.25, 0.3) is 0 Å². The molecular weight excluding hydrogens is 378 g/mol. The summed E-state index contributed by atoms with van der Waals surface area (Å²) in [5.41, 5.74) is 1.43. The van der Waals surface area contributed by atoms with Crippen molar-refractivity contribution in [2.75, 3.05) is 13.2 Å². The molecule has 2 unspecified atom stereocenters. The highest BCUT2D eigenvalue weighted by molar-refractivity contribution is 7.14. The largest absolute Gasteiger partial charge is 0.503 e. The molecule has 0 aromatic carbocycles. The molecule has 0 saturated carbocycles. The number of aliphatic hydroxyl groups is 1. The Bertz CT molecular complexity index is 948. The molecule has 0 radical (unpaired) electrons. The molecule has 2 aromatic rings. The average molecular weight is 399 g/mol. The molecule has 2 atom stereocenters. The number of hydrogen-bond acceptors (Lipinski definition) is 7. The number of aromatic nitrogens is 2. The summed E-state index contributed by atoms with van der Waals surface area (Å²) in [6.07, 6.45) is 4.93. The number of ketones is 1. The normalized spacial score (nSPS) is 22.4. The van der Waals surface area contributed by atoms with E-state index < -0.39 is 17.7 Å². The van der Waals surface area contributed by atoms with Gasteiger partial charge < -0.3 is 14.7 Å². The lowest BCUT2D eigenvalue weighted by Gasteiger charge is -2.28. The van der Waals surface area contributed by atoms with Crippen LogP contribution in [0.1, 0.15) is 44.8 Å². The van der Waals surface area contributed by atoms with E-state index in [0.717, 1.165) is 23.4 Å². The zero-order valence-corrected chi connectivity index (χ0v) is 16.5. The molecule has 2 aromatic heterocycles. The summed E-state index contributed by atoms with van der Waals surface area (Å²) in [4.78, 5) is 36.6. The fourth-order valence-corrected chi connectivity index (χ4v) is 4.71. The molecule has 28 heavy (non-hydrogen) atoms. The molecular formula is C20H21N3O4S. The molecule has 1 fully saturated rings. The van der Waals surface area contributed by atoms with Gasteiger partial charge in [-0.05, 0) is 44.4 Å². The molecule has 4 heterocycles. The maximum absolute atomic E-state index is 13.3. The van der Waals surface area contributed by atoms with E-state index in [1.165, 1.54) is 16.2 Å². The molecule has 146 valence electrons. The molecule has 2 aliphatic heterocycles. The summed E-state index contributed by atoms with van der Waals surface area (Å²) in [5, 5.41) is 11.4. The van der Waals surface area contributed by atoms with Crippen molar-refractivity contribution in [1.82, 2.24) is 14.9 Å². The van der Waals surface area contributed by atoms with Crippen molar-refractivity contribution in [2.45, 2.75) is 38.8 Å². The third kappa shape index (κ3) is 3.22. The number of nitrogens with zero attached hydrogens (tertiary/aromatic N) is 3. The monoisotopic (exact) mass is 399 g/mol. The van der Waals surface area contributed by atoms with Crippen molar-refractivity contribution in [3.63, 3.8) is 0 Å². The van der Waals surface area contributed by atoms with Crippen LogP contribution in [-0.2, 0) is 9.53 Å². The van der Waals surface area contributed by atoms with Crippen molar-refractivity contribution >= 4 is 23.0 Å². The fourth-order valence-electron chi connectivity index (χ4n) is 3.84. The minimum Gasteiger partial charge on any atom is -0.503 e. The van der Waals surface area contributed by atoms with E-state index in [0.29, 0.717) is 23.7 Å². The van der Waals surface area contributed by atoms with Gasteiger partial charge in [0, 0.05) is 25.5 Å². The van der Waals surface area contributed by atoms with E-state index in [1.54, 1.807) is 31.5 Å². The Labute approximate surface area is 166 Å². The van der Waals surface area contributed by atoms with Crippen molar-refractivity contribution in [3.05, 3.63) is 57.0 Å². The molecule has 1 saturated heterocycles. The maximum atomic E-state index is 13.3. The second kappa shape index (κ2) is 7.44. The Balaban J connectivity index is 1.76. The number of carbonyl (C=O) groups excluding carboxylic acids is 2. The highest BCUT2D eigenvalue weighted by Crippen LogP contribution is 2.40. The van der Waals surface area contributed by atoms with Crippen LogP contribution in [0.5, 0.6) is 0 Å². The van der Waals surface area contributed by atoms with Crippen LogP contribution in [-0.4, -0.2) is 50.9 Å². The molecule has 4 rings (SSSR count). The van der Waals surface area contributed by atoms with E-state index in [1.807, 2.05) is 6.92 Å². The van der Waals surface area contributed by atoms with Gasteiger partial charge in [0.2, 0.25) is 5.78 Å². The minimum atomic E-state index is -0.672. The molecule has 7 nitrogen and oxygen atoms in total.